The molecule has 1 amide bonds. The zero-order valence-electron chi connectivity index (χ0n) is 15.1. The maximum Gasteiger partial charge on any atom is 0.252 e. The number of pyridine rings is 1. The molecule has 1 fully saturated rings. The predicted octanol–water partition coefficient (Wildman–Crippen LogP) is 4.61. The molecule has 0 saturated heterocycles. The number of nitrogens with one attached hydrogen (secondary N) is 2. The highest BCUT2D eigenvalue weighted by atomic mass is 16.1. The average Bonchev–Trinajstić information content (AvgIpc) is 3.45. The van der Waals surface area contributed by atoms with Crippen molar-refractivity contribution in [3.05, 3.63) is 71.3 Å². The van der Waals surface area contributed by atoms with Crippen molar-refractivity contribution in [2.75, 3.05) is 5.32 Å². The summed E-state index contributed by atoms with van der Waals surface area (Å²) in [7, 11) is 0. The monoisotopic (exact) mass is 345 g/mol. The van der Waals surface area contributed by atoms with E-state index in [1.165, 1.54) is 11.1 Å². The van der Waals surface area contributed by atoms with Crippen LogP contribution in [-0.2, 0) is 0 Å². The van der Waals surface area contributed by atoms with E-state index in [0.717, 1.165) is 29.6 Å². The molecule has 1 atom stereocenters. The predicted molar refractivity (Wildman–Crippen MR) is 105 cm³/mol. The molecule has 3 aromatic rings. The summed E-state index contributed by atoms with van der Waals surface area (Å²) in [6, 6.07) is 18.4. The van der Waals surface area contributed by atoms with Gasteiger partial charge in [-0.05, 0) is 49.9 Å². The Labute approximate surface area is 153 Å². The second-order valence-corrected chi connectivity index (χ2v) is 7.04. The highest BCUT2D eigenvalue weighted by Crippen LogP contribution is 2.26. The van der Waals surface area contributed by atoms with Crippen molar-refractivity contribution in [1.29, 1.82) is 0 Å². The first-order valence-corrected chi connectivity index (χ1v) is 9.14. The number of nitrogens with zero attached hydrogens (tertiary/aromatic N) is 1. The van der Waals surface area contributed by atoms with E-state index in [-0.39, 0.29) is 11.9 Å². The van der Waals surface area contributed by atoms with Gasteiger partial charge in [-0.1, -0.05) is 42.5 Å². The maximum atomic E-state index is 12.7. The van der Waals surface area contributed by atoms with Crippen molar-refractivity contribution in [2.45, 2.75) is 38.8 Å². The number of carbonyl (C=O) groups excluding carboxylic acids is 1. The topological polar surface area (TPSA) is 54.0 Å². The number of fused-ring (bicyclic) bond motifs is 1. The summed E-state index contributed by atoms with van der Waals surface area (Å²) in [5.41, 5.74) is 3.98. The lowest BCUT2D eigenvalue weighted by Crippen LogP contribution is -2.26. The lowest BCUT2D eigenvalue weighted by atomic mass is 10.0. The minimum absolute atomic E-state index is 0.0160. The summed E-state index contributed by atoms with van der Waals surface area (Å²) >= 11 is 0. The summed E-state index contributed by atoms with van der Waals surface area (Å²) in [5.74, 6) is 0.707. The fourth-order valence-electron chi connectivity index (χ4n) is 3.30. The van der Waals surface area contributed by atoms with E-state index < -0.39 is 0 Å². The molecule has 4 heteroatoms. The van der Waals surface area contributed by atoms with Gasteiger partial charge in [0.25, 0.3) is 5.91 Å². The molecule has 0 spiro atoms. The van der Waals surface area contributed by atoms with Crippen molar-refractivity contribution in [2.24, 2.45) is 0 Å². The summed E-state index contributed by atoms with van der Waals surface area (Å²) in [4.78, 5) is 17.4. The van der Waals surface area contributed by atoms with Gasteiger partial charge in [0.05, 0.1) is 17.1 Å². The van der Waals surface area contributed by atoms with Crippen LogP contribution in [0.25, 0.3) is 10.9 Å². The van der Waals surface area contributed by atoms with Gasteiger partial charge in [0.15, 0.2) is 0 Å². The minimum atomic E-state index is -0.0160. The number of rotatable bonds is 5. The minimum Gasteiger partial charge on any atom is -0.364 e. The molecule has 132 valence electrons. The van der Waals surface area contributed by atoms with E-state index in [0.29, 0.717) is 11.6 Å². The lowest BCUT2D eigenvalue weighted by Gasteiger charge is -2.18. The lowest BCUT2D eigenvalue weighted by molar-refractivity contribution is 0.0952. The fraction of sp³-hybridized carbons (Fsp3) is 0.273. The summed E-state index contributed by atoms with van der Waals surface area (Å²) in [6.45, 7) is 4.22. The second-order valence-electron chi connectivity index (χ2n) is 7.04. The Balaban J connectivity index is 1.68. The second kappa shape index (κ2) is 6.79. The zero-order chi connectivity index (χ0) is 18.1. The van der Waals surface area contributed by atoms with Crippen molar-refractivity contribution in [1.82, 2.24) is 10.3 Å². The molecule has 1 unspecified atom stereocenters. The number of anilines is 1. The smallest absolute Gasteiger partial charge is 0.252 e. The Morgan fingerprint density at radius 3 is 2.62 bits per heavy atom. The number of aryl methyl sites for hydroxylation is 1. The van der Waals surface area contributed by atoms with Gasteiger partial charge in [0.2, 0.25) is 0 Å². The van der Waals surface area contributed by atoms with Gasteiger partial charge in [0, 0.05) is 11.4 Å². The molecule has 4 nitrogen and oxygen atoms in total. The third-order valence-corrected chi connectivity index (χ3v) is 4.89. The Morgan fingerprint density at radius 1 is 1.12 bits per heavy atom. The molecule has 26 heavy (non-hydrogen) atoms. The number of carbonyl (C=O) groups is 1. The Morgan fingerprint density at radius 2 is 1.85 bits per heavy atom. The molecule has 4 rings (SSSR count). The van der Waals surface area contributed by atoms with Gasteiger partial charge >= 0.3 is 0 Å². The van der Waals surface area contributed by atoms with Gasteiger partial charge in [0.1, 0.15) is 5.82 Å². The first-order chi connectivity index (χ1) is 12.6. The number of benzene rings is 2. The molecule has 0 aliphatic heterocycles. The molecular weight excluding hydrogens is 322 g/mol. The number of amides is 1. The van der Waals surface area contributed by atoms with E-state index in [4.69, 9.17) is 4.98 Å². The largest absolute Gasteiger partial charge is 0.364 e. The van der Waals surface area contributed by atoms with Crippen LogP contribution in [0.3, 0.4) is 0 Å². The fourth-order valence-corrected chi connectivity index (χ4v) is 3.30. The Bertz CT molecular complexity index is 963. The standard InChI is InChI=1S/C22H23N3O/c1-14-7-3-4-8-17(14)15(2)23-21-13-19(22(26)24-16-11-12-16)18-9-5-6-10-20(18)25-21/h3-10,13,15-16H,11-12H2,1-2H3,(H,23,25)(H,24,26). The van der Waals surface area contributed by atoms with E-state index in [1.807, 2.05) is 42.5 Å². The van der Waals surface area contributed by atoms with Crippen molar-refractivity contribution >= 4 is 22.6 Å². The van der Waals surface area contributed by atoms with E-state index >= 15 is 0 Å². The van der Waals surface area contributed by atoms with Crippen LogP contribution >= 0.6 is 0 Å². The SMILES string of the molecule is Cc1ccccc1C(C)Nc1cc(C(=O)NC2CC2)c2ccccc2n1. The molecule has 1 saturated carbocycles. The summed E-state index contributed by atoms with van der Waals surface area (Å²) in [6.07, 6.45) is 2.15. The molecule has 2 aromatic carbocycles. The van der Waals surface area contributed by atoms with Crippen LogP contribution in [-0.4, -0.2) is 16.9 Å². The van der Waals surface area contributed by atoms with Gasteiger partial charge in [-0.15, -0.1) is 0 Å². The third-order valence-electron chi connectivity index (χ3n) is 4.89. The number of hydrogen-bond acceptors (Lipinski definition) is 3. The number of hydrogen-bond donors (Lipinski definition) is 2. The van der Waals surface area contributed by atoms with E-state index in [9.17, 15) is 4.79 Å². The van der Waals surface area contributed by atoms with E-state index in [1.54, 1.807) is 0 Å². The molecular formula is C22H23N3O. The number of aromatic nitrogens is 1. The van der Waals surface area contributed by atoms with Crippen LogP contribution in [0.1, 0.15) is 47.3 Å². The highest BCUT2D eigenvalue weighted by Gasteiger charge is 2.25. The first-order valence-electron chi connectivity index (χ1n) is 9.14. The van der Waals surface area contributed by atoms with Gasteiger partial charge < -0.3 is 10.6 Å². The molecule has 2 N–H and O–H groups in total. The molecule has 1 heterocycles. The maximum absolute atomic E-state index is 12.7. The van der Waals surface area contributed by atoms with E-state index in [2.05, 4.69) is 36.6 Å². The normalized spacial score (nSPS) is 14.8. The molecule has 0 bridgehead atoms. The van der Waals surface area contributed by atoms with Crippen LogP contribution in [0.2, 0.25) is 0 Å². The van der Waals surface area contributed by atoms with Gasteiger partial charge in [-0.2, -0.15) is 0 Å². The van der Waals surface area contributed by atoms with Crippen LogP contribution < -0.4 is 10.6 Å². The molecule has 1 aromatic heterocycles. The van der Waals surface area contributed by atoms with Gasteiger partial charge in [-0.3, -0.25) is 4.79 Å². The summed E-state index contributed by atoms with van der Waals surface area (Å²) < 4.78 is 0. The molecule has 0 radical (unpaired) electrons. The molecule has 1 aliphatic rings. The van der Waals surface area contributed by atoms with Crippen LogP contribution in [0.4, 0.5) is 5.82 Å². The summed E-state index contributed by atoms with van der Waals surface area (Å²) in [5, 5.41) is 7.44. The van der Waals surface area contributed by atoms with Crippen molar-refractivity contribution in [3.8, 4) is 0 Å². The van der Waals surface area contributed by atoms with Crippen molar-refractivity contribution in [3.63, 3.8) is 0 Å². The average molecular weight is 345 g/mol. The Kier molecular flexibility index (Phi) is 4.33. The van der Waals surface area contributed by atoms with Crippen LogP contribution in [0, 0.1) is 6.92 Å². The first kappa shape index (κ1) is 16.6. The van der Waals surface area contributed by atoms with Gasteiger partial charge in [-0.25, -0.2) is 4.98 Å². The van der Waals surface area contributed by atoms with Crippen molar-refractivity contribution < 1.29 is 4.79 Å². The number of para-hydroxylation sites is 1. The van der Waals surface area contributed by atoms with Crippen LogP contribution in [0.15, 0.2) is 54.6 Å². The Hall–Kier alpha value is -2.88. The quantitative estimate of drug-likeness (QED) is 0.710. The highest BCUT2D eigenvalue weighted by molar-refractivity contribution is 6.07. The van der Waals surface area contributed by atoms with Crippen LogP contribution in [0.5, 0.6) is 0 Å². The zero-order valence-corrected chi connectivity index (χ0v) is 15.1. The molecule has 1 aliphatic carbocycles. The third kappa shape index (κ3) is 3.40.